The van der Waals surface area contributed by atoms with Gasteiger partial charge in [-0.2, -0.15) is 0 Å². The number of allylic oxidation sites excluding steroid dienone is 1. The molecule has 0 bridgehead atoms. The van der Waals surface area contributed by atoms with Crippen LogP contribution in [-0.2, 0) is 5.41 Å². The zero-order valence-corrected chi connectivity index (χ0v) is 22.3. The Morgan fingerprint density at radius 1 is 1.00 bits per heavy atom. The van der Waals surface area contributed by atoms with E-state index in [0.29, 0.717) is 17.9 Å². The standard InChI is InChI=1S/C31H32N4.C2H6/c1-21-20-35(17-15-31(21)14-12-23-4-2-3-5-27(23)31)26-11-10-25(18-26)22-6-8-24(9-7-22)30-33-28-13-16-32-19-29(28)34-30;1-2/h2-9,12-14,16,19,21,25-26H,10-11,15,17-18,20H2,1H3,(H,33,34);1-2H3. The molecule has 4 atom stereocenters. The molecule has 1 spiro atoms. The highest BCUT2D eigenvalue weighted by atomic mass is 15.2. The summed E-state index contributed by atoms with van der Waals surface area (Å²) in [5, 5.41) is 0. The lowest BCUT2D eigenvalue weighted by atomic mass is 9.68. The number of nitrogens with zero attached hydrogens (tertiary/aromatic N) is 3. The fourth-order valence-electron chi connectivity index (χ4n) is 7.05. The van der Waals surface area contributed by atoms with Gasteiger partial charge in [0.1, 0.15) is 5.82 Å². The highest BCUT2D eigenvalue weighted by molar-refractivity contribution is 5.78. The van der Waals surface area contributed by atoms with Gasteiger partial charge in [0, 0.05) is 29.8 Å². The van der Waals surface area contributed by atoms with E-state index in [4.69, 9.17) is 4.98 Å². The van der Waals surface area contributed by atoms with Crippen LogP contribution in [0.15, 0.2) is 73.1 Å². The molecule has 2 fully saturated rings. The molecule has 3 aliphatic rings. The van der Waals surface area contributed by atoms with Gasteiger partial charge in [0.05, 0.1) is 17.2 Å². The van der Waals surface area contributed by atoms with E-state index in [2.05, 4.69) is 82.5 Å². The summed E-state index contributed by atoms with van der Waals surface area (Å²) in [4.78, 5) is 15.1. The number of rotatable bonds is 3. The molecule has 190 valence electrons. The summed E-state index contributed by atoms with van der Waals surface area (Å²) in [5.41, 5.74) is 7.79. The van der Waals surface area contributed by atoms with Gasteiger partial charge in [-0.3, -0.25) is 4.98 Å². The predicted octanol–water partition coefficient (Wildman–Crippen LogP) is 7.59. The molecule has 2 aromatic heterocycles. The third kappa shape index (κ3) is 4.21. The number of benzene rings is 2. The van der Waals surface area contributed by atoms with Crippen LogP contribution in [0.25, 0.3) is 28.5 Å². The summed E-state index contributed by atoms with van der Waals surface area (Å²) < 4.78 is 0. The number of piperidine rings is 1. The van der Waals surface area contributed by atoms with Crippen molar-refractivity contribution < 1.29 is 0 Å². The van der Waals surface area contributed by atoms with Crippen LogP contribution in [0.1, 0.15) is 69.1 Å². The van der Waals surface area contributed by atoms with E-state index < -0.39 is 0 Å². The molecule has 1 N–H and O–H groups in total. The van der Waals surface area contributed by atoms with Gasteiger partial charge in [-0.05, 0) is 66.8 Å². The second-order valence-corrected chi connectivity index (χ2v) is 10.9. The second-order valence-electron chi connectivity index (χ2n) is 10.9. The monoisotopic (exact) mass is 490 g/mol. The van der Waals surface area contributed by atoms with Crippen molar-refractivity contribution in [2.75, 3.05) is 13.1 Å². The van der Waals surface area contributed by atoms with Gasteiger partial charge in [0.15, 0.2) is 0 Å². The van der Waals surface area contributed by atoms with Crippen molar-refractivity contribution in [2.45, 2.75) is 63.8 Å². The van der Waals surface area contributed by atoms with E-state index in [1.54, 1.807) is 11.8 Å². The molecule has 4 unspecified atom stereocenters. The van der Waals surface area contributed by atoms with Crippen molar-refractivity contribution in [2.24, 2.45) is 5.92 Å². The van der Waals surface area contributed by atoms with Gasteiger partial charge in [0.25, 0.3) is 0 Å². The van der Waals surface area contributed by atoms with Crippen LogP contribution in [0, 0.1) is 5.92 Å². The average Bonchev–Trinajstić information content (AvgIpc) is 3.70. The molecule has 4 aromatic rings. The van der Waals surface area contributed by atoms with Crippen molar-refractivity contribution in [3.8, 4) is 11.4 Å². The topological polar surface area (TPSA) is 44.8 Å². The summed E-state index contributed by atoms with van der Waals surface area (Å²) in [6.45, 7) is 8.88. The quantitative estimate of drug-likeness (QED) is 0.322. The third-order valence-electron chi connectivity index (χ3n) is 9.08. The SMILES string of the molecule is CC.CC1CN(C2CCC(c3ccc(-c4nc5ccncc5[nH]4)cc3)C2)CCC12C=Cc1ccccc12. The normalized spacial score (nSPS) is 26.8. The molecule has 0 radical (unpaired) electrons. The van der Waals surface area contributed by atoms with Gasteiger partial charge in [0.2, 0.25) is 0 Å². The molecule has 0 amide bonds. The smallest absolute Gasteiger partial charge is 0.138 e. The highest BCUT2D eigenvalue weighted by Crippen LogP contribution is 2.48. The first kappa shape index (κ1) is 24.1. The number of likely N-dealkylation sites (tertiary alicyclic amines) is 1. The number of aromatic amines is 1. The molecule has 3 heterocycles. The fourth-order valence-corrected chi connectivity index (χ4v) is 7.05. The van der Waals surface area contributed by atoms with Crippen LogP contribution in [0.2, 0.25) is 0 Å². The Labute approximate surface area is 220 Å². The summed E-state index contributed by atoms with van der Waals surface area (Å²) in [6.07, 6.45) is 13.6. The Morgan fingerprint density at radius 3 is 2.65 bits per heavy atom. The van der Waals surface area contributed by atoms with Crippen molar-refractivity contribution in [1.82, 2.24) is 19.9 Å². The molecule has 2 aliphatic carbocycles. The summed E-state index contributed by atoms with van der Waals surface area (Å²) in [7, 11) is 0. The van der Waals surface area contributed by atoms with Crippen LogP contribution < -0.4 is 0 Å². The van der Waals surface area contributed by atoms with E-state index in [1.165, 1.54) is 49.9 Å². The van der Waals surface area contributed by atoms with E-state index in [-0.39, 0.29) is 5.41 Å². The van der Waals surface area contributed by atoms with E-state index in [0.717, 1.165) is 22.4 Å². The molecule has 1 aliphatic heterocycles. The summed E-state index contributed by atoms with van der Waals surface area (Å²) >= 11 is 0. The Kier molecular flexibility index (Phi) is 6.46. The summed E-state index contributed by atoms with van der Waals surface area (Å²) in [5.74, 6) is 2.23. The molecule has 4 heteroatoms. The van der Waals surface area contributed by atoms with Crippen molar-refractivity contribution in [1.29, 1.82) is 0 Å². The Balaban J connectivity index is 0.00000123. The van der Waals surface area contributed by atoms with Crippen LogP contribution in [0.4, 0.5) is 0 Å². The summed E-state index contributed by atoms with van der Waals surface area (Å²) in [6, 6.07) is 20.8. The number of fused-ring (bicyclic) bond motifs is 3. The van der Waals surface area contributed by atoms with Gasteiger partial charge in [-0.15, -0.1) is 0 Å². The van der Waals surface area contributed by atoms with Crippen molar-refractivity contribution in [3.05, 3.63) is 89.8 Å². The van der Waals surface area contributed by atoms with Crippen molar-refractivity contribution >= 4 is 17.1 Å². The van der Waals surface area contributed by atoms with E-state index in [1.807, 2.05) is 26.1 Å². The molecule has 7 rings (SSSR count). The van der Waals surface area contributed by atoms with Gasteiger partial charge in [-0.25, -0.2) is 4.98 Å². The number of imidazole rings is 1. The first-order valence-electron chi connectivity index (χ1n) is 14.1. The molecule has 4 nitrogen and oxygen atoms in total. The molecule has 2 aromatic carbocycles. The molecule has 37 heavy (non-hydrogen) atoms. The van der Waals surface area contributed by atoms with Crippen molar-refractivity contribution in [3.63, 3.8) is 0 Å². The Hall–Kier alpha value is -3.24. The van der Waals surface area contributed by atoms with Gasteiger partial charge in [-0.1, -0.05) is 81.5 Å². The van der Waals surface area contributed by atoms with E-state index in [9.17, 15) is 0 Å². The van der Waals surface area contributed by atoms with Gasteiger partial charge < -0.3 is 9.88 Å². The van der Waals surface area contributed by atoms with Crippen LogP contribution in [-0.4, -0.2) is 39.0 Å². The number of hydrogen-bond acceptors (Lipinski definition) is 3. The third-order valence-corrected chi connectivity index (χ3v) is 9.08. The zero-order valence-electron chi connectivity index (χ0n) is 22.3. The molecular weight excluding hydrogens is 452 g/mol. The second kappa shape index (κ2) is 9.90. The van der Waals surface area contributed by atoms with Gasteiger partial charge >= 0.3 is 0 Å². The predicted molar refractivity (Wildman–Crippen MR) is 154 cm³/mol. The maximum atomic E-state index is 4.73. The van der Waals surface area contributed by atoms with Crippen LogP contribution in [0.5, 0.6) is 0 Å². The zero-order chi connectivity index (χ0) is 25.4. The minimum atomic E-state index is 0.244. The minimum Gasteiger partial charge on any atom is -0.337 e. The first-order chi connectivity index (χ1) is 18.2. The fraction of sp³-hybridized carbons (Fsp3) is 0.394. The maximum Gasteiger partial charge on any atom is 0.138 e. The first-order valence-corrected chi connectivity index (χ1v) is 14.1. The number of hydrogen-bond donors (Lipinski definition) is 1. The lowest BCUT2D eigenvalue weighted by molar-refractivity contribution is 0.0898. The number of pyridine rings is 1. The lowest BCUT2D eigenvalue weighted by Crippen LogP contribution is -2.50. The van der Waals surface area contributed by atoms with E-state index >= 15 is 0 Å². The lowest BCUT2D eigenvalue weighted by Gasteiger charge is -2.46. The van der Waals surface area contributed by atoms with Crippen LogP contribution in [0.3, 0.4) is 0 Å². The number of H-pyrrole nitrogens is 1. The molecule has 1 saturated carbocycles. The molecular formula is C33H38N4. The average molecular weight is 491 g/mol. The number of aromatic nitrogens is 3. The number of nitrogens with one attached hydrogen (secondary N) is 1. The maximum absolute atomic E-state index is 4.73. The molecule has 1 saturated heterocycles. The Morgan fingerprint density at radius 2 is 1.84 bits per heavy atom. The minimum absolute atomic E-state index is 0.244. The Bertz CT molecular complexity index is 1370. The van der Waals surface area contributed by atoms with Crippen LogP contribution >= 0.6 is 0 Å². The largest absolute Gasteiger partial charge is 0.337 e. The highest BCUT2D eigenvalue weighted by Gasteiger charge is 2.45.